The van der Waals surface area contributed by atoms with E-state index in [1.165, 1.54) is 20.0 Å². The second-order valence-corrected chi connectivity index (χ2v) is 5.44. The summed E-state index contributed by atoms with van der Waals surface area (Å²) < 4.78 is 4.85. The van der Waals surface area contributed by atoms with Crippen LogP contribution in [0.15, 0.2) is 0 Å². The molecule has 106 valence electrons. The number of methoxy groups -OCH3 is 1. The summed E-state index contributed by atoms with van der Waals surface area (Å²) >= 11 is 0. The maximum absolute atomic E-state index is 11.7. The molecule has 0 radical (unpaired) electrons. The monoisotopic (exact) mass is 257 g/mol. The minimum absolute atomic E-state index is 0.152. The van der Waals surface area contributed by atoms with Crippen LogP contribution in [0.3, 0.4) is 0 Å². The van der Waals surface area contributed by atoms with Gasteiger partial charge in [-0.1, -0.05) is 0 Å². The van der Waals surface area contributed by atoms with Gasteiger partial charge in [-0.05, 0) is 53.5 Å². The molecule has 1 rings (SSSR count). The minimum atomic E-state index is -0.188. The summed E-state index contributed by atoms with van der Waals surface area (Å²) in [4.78, 5) is 16.0. The van der Waals surface area contributed by atoms with Crippen LogP contribution in [0.1, 0.15) is 19.3 Å². The van der Waals surface area contributed by atoms with E-state index in [0.29, 0.717) is 6.04 Å². The Kier molecular flexibility index (Phi) is 6.60. The second-order valence-electron chi connectivity index (χ2n) is 5.44. The van der Waals surface area contributed by atoms with Gasteiger partial charge in [0.2, 0.25) is 0 Å². The van der Waals surface area contributed by atoms with Crippen molar-refractivity contribution in [2.24, 2.45) is 0 Å². The van der Waals surface area contributed by atoms with Crippen LogP contribution in [0.25, 0.3) is 0 Å². The number of hydrogen-bond donors (Lipinski definition) is 1. The van der Waals surface area contributed by atoms with Crippen molar-refractivity contribution < 1.29 is 9.53 Å². The molecule has 0 amide bonds. The Morgan fingerprint density at radius 2 is 2.00 bits per heavy atom. The number of carbonyl (C=O) groups is 1. The Hall–Kier alpha value is -0.650. The first kappa shape index (κ1) is 15.4. The fourth-order valence-electron chi connectivity index (χ4n) is 1.93. The molecule has 0 aliphatic heterocycles. The normalized spacial score (nSPS) is 17.2. The highest BCUT2D eigenvalue weighted by Crippen LogP contribution is 2.19. The third-order valence-electron chi connectivity index (χ3n) is 3.14. The number of nitrogens with one attached hydrogen (secondary N) is 1. The van der Waals surface area contributed by atoms with Gasteiger partial charge in [-0.3, -0.25) is 4.79 Å². The lowest BCUT2D eigenvalue weighted by Crippen LogP contribution is -2.47. The highest BCUT2D eigenvalue weighted by Gasteiger charge is 2.29. The molecule has 0 aromatic rings. The molecule has 5 heteroatoms. The molecule has 0 saturated heterocycles. The summed E-state index contributed by atoms with van der Waals surface area (Å²) in [5.74, 6) is -0.152. The molecular weight excluding hydrogens is 230 g/mol. The van der Waals surface area contributed by atoms with E-state index in [1.807, 2.05) is 0 Å². The van der Waals surface area contributed by atoms with E-state index in [9.17, 15) is 4.79 Å². The van der Waals surface area contributed by atoms with E-state index in [-0.39, 0.29) is 12.0 Å². The van der Waals surface area contributed by atoms with Gasteiger partial charge < -0.3 is 19.9 Å². The summed E-state index contributed by atoms with van der Waals surface area (Å²) in [7, 11) is 7.66. The summed E-state index contributed by atoms with van der Waals surface area (Å²) in [6.45, 7) is 2.79. The number of rotatable bonds is 9. The van der Waals surface area contributed by atoms with Crippen molar-refractivity contribution in [3.8, 4) is 0 Å². The number of nitrogens with zero attached hydrogens (tertiary/aromatic N) is 2. The third kappa shape index (κ3) is 6.33. The standard InChI is InChI=1S/C13H27N3O2/c1-15(2)8-5-9-16(3)10-12(13(17)18-4)14-11-6-7-11/h11-12,14H,5-10H2,1-4H3. The largest absolute Gasteiger partial charge is 0.468 e. The third-order valence-corrected chi connectivity index (χ3v) is 3.14. The first-order valence-corrected chi connectivity index (χ1v) is 6.70. The topological polar surface area (TPSA) is 44.8 Å². The predicted octanol–water partition coefficient (Wildman–Crippen LogP) is 0.164. The molecule has 0 spiro atoms. The van der Waals surface area contributed by atoms with Crippen LogP contribution in [0.2, 0.25) is 0 Å². The van der Waals surface area contributed by atoms with Crippen LogP contribution < -0.4 is 5.32 Å². The SMILES string of the molecule is COC(=O)C(CN(C)CCCN(C)C)NC1CC1. The zero-order valence-electron chi connectivity index (χ0n) is 12.1. The van der Waals surface area contributed by atoms with Gasteiger partial charge in [0.05, 0.1) is 7.11 Å². The van der Waals surface area contributed by atoms with Gasteiger partial charge in [-0.2, -0.15) is 0 Å². The molecule has 0 heterocycles. The van der Waals surface area contributed by atoms with E-state index in [0.717, 1.165) is 26.1 Å². The molecule has 0 aromatic carbocycles. The summed E-state index contributed by atoms with van der Waals surface area (Å²) in [6, 6.07) is 0.330. The van der Waals surface area contributed by atoms with E-state index >= 15 is 0 Å². The first-order valence-electron chi connectivity index (χ1n) is 6.70. The van der Waals surface area contributed by atoms with Gasteiger partial charge in [0.25, 0.3) is 0 Å². The Morgan fingerprint density at radius 3 is 2.50 bits per heavy atom. The Morgan fingerprint density at radius 1 is 1.33 bits per heavy atom. The first-order chi connectivity index (χ1) is 8.52. The smallest absolute Gasteiger partial charge is 0.324 e. The lowest BCUT2D eigenvalue weighted by atomic mass is 10.2. The number of hydrogen-bond acceptors (Lipinski definition) is 5. The zero-order valence-corrected chi connectivity index (χ0v) is 12.1. The fourth-order valence-corrected chi connectivity index (χ4v) is 1.93. The van der Waals surface area contributed by atoms with Gasteiger partial charge in [-0.25, -0.2) is 0 Å². The van der Waals surface area contributed by atoms with Crippen molar-refractivity contribution in [2.45, 2.75) is 31.3 Å². The molecule has 1 atom stereocenters. The van der Waals surface area contributed by atoms with Gasteiger partial charge in [0, 0.05) is 12.6 Å². The molecule has 1 aliphatic rings. The van der Waals surface area contributed by atoms with Crippen LogP contribution in [0.5, 0.6) is 0 Å². The van der Waals surface area contributed by atoms with Crippen LogP contribution in [-0.2, 0) is 9.53 Å². The summed E-state index contributed by atoms with van der Waals surface area (Å²) in [6.07, 6.45) is 3.47. The quantitative estimate of drug-likeness (QED) is 0.596. The van der Waals surface area contributed by atoms with E-state index in [1.54, 1.807) is 0 Å². The van der Waals surface area contributed by atoms with Crippen molar-refractivity contribution in [3.63, 3.8) is 0 Å². The van der Waals surface area contributed by atoms with Crippen LogP contribution >= 0.6 is 0 Å². The van der Waals surface area contributed by atoms with Crippen molar-refractivity contribution in [3.05, 3.63) is 0 Å². The molecule has 1 fully saturated rings. The number of esters is 1. The maximum Gasteiger partial charge on any atom is 0.324 e. The average molecular weight is 257 g/mol. The minimum Gasteiger partial charge on any atom is -0.468 e. The van der Waals surface area contributed by atoms with Gasteiger partial charge in [0.1, 0.15) is 6.04 Å². The van der Waals surface area contributed by atoms with Crippen LogP contribution in [-0.4, -0.2) is 75.7 Å². The van der Waals surface area contributed by atoms with Gasteiger partial charge in [0.15, 0.2) is 0 Å². The van der Waals surface area contributed by atoms with E-state index in [2.05, 4.69) is 36.3 Å². The van der Waals surface area contributed by atoms with Crippen molar-refractivity contribution in [1.82, 2.24) is 15.1 Å². The molecule has 0 aromatic heterocycles. The molecule has 1 saturated carbocycles. The highest BCUT2D eigenvalue weighted by atomic mass is 16.5. The number of carbonyl (C=O) groups excluding carboxylic acids is 1. The van der Waals surface area contributed by atoms with Gasteiger partial charge >= 0.3 is 5.97 Å². The molecular formula is C13H27N3O2. The van der Waals surface area contributed by atoms with Crippen LogP contribution in [0.4, 0.5) is 0 Å². The highest BCUT2D eigenvalue weighted by molar-refractivity contribution is 5.76. The maximum atomic E-state index is 11.7. The molecule has 1 unspecified atom stereocenters. The number of likely N-dealkylation sites (N-methyl/N-ethyl adjacent to an activating group) is 1. The van der Waals surface area contributed by atoms with E-state index in [4.69, 9.17) is 4.74 Å². The molecule has 1 aliphatic carbocycles. The molecule has 18 heavy (non-hydrogen) atoms. The fraction of sp³-hybridized carbons (Fsp3) is 0.923. The second kappa shape index (κ2) is 7.71. The Labute approximate surface area is 110 Å². The predicted molar refractivity (Wildman–Crippen MR) is 72.6 cm³/mol. The van der Waals surface area contributed by atoms with Crippen molar-refractivity contribution >= 4 is 5.97 Å². The zero-order chi connectivity index (χ0) is 13.5. The van der Waals surface area contributed by atoms with Gasteiger partial charge in [-0.15, -0.1) is 0 Å². The lowest BCUT2D eigenvalue weighted by Gasteiger charge is -2.23. The summed E-state index contributed by atoms with van der Waals surface area (Å²) in [5.41, 5.74) is 0. The van der Waals surface area contributed by atoms with E-state index < -0.39 is 0 Å². The Bertz CT molecular complexity index is 255. The summed E-state index contributed by atoms with van der Waals surface area (Å²) in [5, 5.41) is 3.35. The Balaban J connectivity index is 2.27. The van der Waals surface area contributed by atoms with Crippen molar-refractivity contribution in [1.29, 1.82) is 0 Å². The molecule has 5 nitrogen and oxygen atoms in total. The molecule has 1 N–H and O–H groups in total. The van der Waals surface area contributed by atoms with Crippen molar-refractivity contribution in [2.75, 3.05) is 47.9 Å². The average Bonchev–Trinajstić information content (AvgIpc) is 3.10. The molecule has 0 bridgehead atoms. The lowest BCUT2D eigenvalue weighted by molar-refractivity contribution is -0.143. The van der Waals surface area contributed by atoms with Crippen LogP contribution in [0, 0.1) is 0 Å². The number of ether oxygens (including phenoxy) is 1.